The molecule has 2 aromatic heterocycles. The lowest BCUT2D eigenvalue weighted by molar-refractivity contribution is 0.237. The molecule has 2 heterocycles. The molecule has 0 radical (unpaired) electrons. The third-order valence-corrected chi connectivity index (χ3v) is 4.95. The van der Waals surface area contributed by atoms with Crippen molar-refractivity contribution < 1.29 is 4.79 Å². The summed E-state index contributed by atoms with van der Waals surface area (Å²) in [5.41, 5.74) is 4.62. The summed E-state index contributed by atoms with van der Waals surface area (Å²) in [6, 6.07) is 2.00. The molecule has 0 bridgehead atoms. The van der Waals surface area contributed by atoms with Crippen LogP contribution >= 0.6 is 11.3 Å². The third-order valence-electron chi connectivity index (χ3n) is 3.92. The van der Waals surface area contributed by atoms with Crippen molar-refractivity contribution >= 4 is 17.4 Å². The molecule has 2 aromatic rings. The van der Waals surface area contributed by atoms with Crippen molar-refractivity contribution in [3.63, 3.8) is 0 Å². The first-order valence-electron chi connectivity index (χ1n) is 7.45. The van der Waals surface area contributed by atoms with Crippen molar-refractivity contribution in [2.45, 2.75) is 46.7 Å². The lowest BCUT2D eigenvalue weighted by atomic mass is 10.1. The second kappa shape index (κ2) is 6.96. The van der Waals surface area contributed by atoms with Gasteiger partial charge < -0.3 is 10.6 Å². The first-order valence-corrected chi connectivity index (χ1v) is 8.32. The van der Waals surface area contributed by atoms with E-state index in [1.165, 1.54) is 16.0 Å². The molecule has 120 valence electrons. The molecule has 22 heavy (non-hydrogen) atoms. The molecule has 5 nitrogen and oxygen atoms in total. The quantitative estimate of drug-likeness (QED) is 0.890. The van der Waals surface area contributed by atoms with Gasteiger partial charge in [-0.05, 0) is 56.7 Å². The summed E-state index contributed by atoms with van der Waals surface area (Å²) in [4.78, 5) is 13.2. The van der Waals surface area contributed by atoms with E-state index in [1.807, 2.05) is 31.0 Å². The number of amides is 2. The largest absolute Gasteiger partial charge is 0.335 e. The summed E-state index contributed by atoms with van der Waals surface area (Å²) in [5, 5.41) is 12.4. The van der Waals surface area contributed by atoms with Gasteiger partial charge in [0.25, 0.3) is 0 Å². The molecule has 0 aliphatic carbocycles. The van der Waals surface area contributed by atoms with E-state index >= 15 is 0 Å². The first kappa shape index (κ1) is 16.5. The van der Waals surface area contributed by atoms with Crippen LogP contribution < -0.4 is 10.6 Å². The van der Waals surface area contributed by atoms with Gasteiger partial charge in [0, 0.05) is 23.7 Å². The molecule has 0 unspecified atom stereocenters. The Labute approximate surface area is 135 Å². The van der Waals surface area contributed by atoms with Crippen LogP contribution in [0.15, 0.2) is 11.4 Å². The molecule has 0 aliphatic rings. The van der Waals surface area contributed by atoms with Gasteiger partial charge >= 0.3 is 6.03 Å². The fourth-order valence-corrected chi connectivity index (χ4v) is 3.34. The second-order valence-electron chi connectivity index (χ2n) is 5.73. The van der Waals surface area contributed by atoms with Crippen LogP contribution in [0.25, 0.3) is 0 Å². The van der Waals surface area contributed by atoms with E-state index < -0.39 is 0 Å². The van der Waals surface area contributed by atoms with Crippen molar-refractivity contribution in [1.82, 2.24) is 20.4 Å². The zero-order chi connectivity index (χ0) is 16.3. The van der Waals surface area contributed by atoms with Gasteiger partial charge in [-0.2, -0.15) is 5.10 Å². The summed E-state index contributed by atoms with van der Waals surface area (Å²) < 4.78 is 1.89. The van der Waals surface area contributed by atoms with E-state index in [1.54, 1.807) is 11.3 Å². The van der Waals surface area contributed by atoms with Crippen LogP contribution in [0.5, 0.6) is 0 Å². The van der Waals surface area contributed by atoms with Crippen LogP contribution in [0.2, 0.25) is 0 Å². The van der Waals surface area contributed by atoms with Crippen molar-refractivity contribution in [3.05, 3.63) is 38.8 Å². The molecule has 0 fully saturated rings. The Balaban J connectivity index is 1.85. The summed E-state index contributed by atoms with van der Waals surface area (Å²) in [6.45, 7) is 8.72. The molecular formula is C16H24N4OS. The fraction of sp³-hybridized carbons (Fsp3) is 0.500. The highest BCUT2D eigenvalue weighted by Gasteiger charge is 2.14. The van der Waals surface area contributed by atoms with E-state index in [2.05, 4.69) is 35.6 Å². The predicted octanol–water partition coefficient (Wildman–Crippen LogP) is 2.84. The summed E-state index contributed by atoms with van der Waals surface area (Å²) in [5.74, 6) is 0. The highest BCUT2D eigenvalue weighted by Crippen LogP contribution is 2.15. The minimum atomic E-state index is -0.125. The van der Waals surface area contributed by atoms with Crippen LogP contribution in [-0.4, -0.2) is 21.9 Å². The highest BCUT2D eigenvalue weighted by molar-refractivity contribution is 7.10. The number of carbonyl (C=O) groups is 1. The number of urea groups is 1. The SMILES string of the molecule is Cc1ccsc1CNC(=O)N[C@H](C)Cc1c(C)nn(C)c1C. The van der Waals surface area contributed by atoms with E-state index in [4.69, 9.17) is 0 Å². The van der Waals surface area contributed by atoms with Crippen LogP contribution in [0.3, 0.4) is 0 Å². The fourth-order valence-electron chi connectivity index (χ4n) is 2.49. The van der Waals surface area contributed by atoms with Gasteiger partial charge in [-0.1, -0.05) is 0 Å². The Morgan fingerprint density at radius 1 is 1.41 bits per heavy atom. The molecule has 0 saturated carbocycles. The number of aryl methyl sites for hydroxylation is 3. The van der Waals surface area contributed by atoms with Gasteiger partial charge in [0.05, 0.1) is 12.2 Å². The molecule has 0 spiro atoms. The molecule has 2 rings (SSSR count). The first-order chi connectivity index (χ1) is 10.4. The lowest BCUT2D eigenvalue weighted by Gasteiger charge is -2.15. The topological polar surface area (TPSA) is 59.0 Å². The molecule has 1 atom stereocenters. The third kappa shape index (κ3) is 3.88. The standard InChI is InChI=1S/C16H24N4OS/c1-10-6-7-22-15(10)9-17-16(21)18-11(2)8-14-12(3)19-20(5)13(14)4/h6-7,11H,8-9H2,1-5H3,(H2,17,18,21)/t11-/m1/s1. The van der Waals surface area contributed by atoms with E-state index in [0.29, 0.717) is 6.54 Å². The molecular weight excluding hydrogens is 296 g/mol. The van der Waals surface area contributed by atoms with Gasteiger partial charge in [0.15, 0.2) is 0 Å². The number of rotatable bonds is 5. The minimum absolute atomic E-state index is 0.0611. The zero-order valence-electron chi connectivity index (χ0n) is 13.9. The number of hydrogen-bond donors (Lipinski definition) is 2. The van der Waals surface area contributed by atoms with Crippen molar-refractivity contribution in [3.8, 4) is 0 Å². The Morgan fingerprint density at radius 3 is 2.68 bits per heavy atom. The van der Waals surface area contributed by atoms with Crippen LogP contribution in [0.4, 0.5) is 4.79 Å². The lowest BCUT2D eigenvalue weighted by Crippen LogP contribution is -2.41. The maximum atomic E-state index is 12.0. The van der Waals surface area contributed by atoms with Gasteiger partial charge in [-0.25, -0.2) is 4.79 Å². The Morgan fingerprint density at radius 2 is 2.14 bits per heavy atom. The number of nitrogens with one attached hydrogen (secondary N) is 2. The molecule has 0 saturated heterocycles. The molecule has 6 heteroatoms. The molecule has 0 aliphatic heterocycles. The van der Waals surface area contributed by atoms with Gasteiger partial charge in [0.2, 0.25) is 0 Å². The number of carbonyl (C=O) groups excluding carboxylic acids is 1. The average Bonchev–Trinajstić information content (AvgIpc) is 2.95. The normalized spacial score (nSPS) is 12.2. The molecule has 0 aromatic carbocycles. The van der Waals surface area contributed by atoms with E-state index in [9.17, 15) is 4.79 Å². The minimum Gasteiger partial charge on any atom is -0.335 e. The summed E-state index contributed by atoms with van der Waals surface area (Å²) >= 11 is 1.67. The maximum Gasteiger partial charge on any atom is 0.315 e. The smallest absolute Gasteiger partial charge is 0.315 e. The van der Waals surface area contributed by atoms with Crippen molar-refractivity contribution in [1.29, 1.82) is 0 Å². The summed E-state index contributed by atoms with van der Waals surface area (Å²) in [7, 11) is 1.94. The van der Waals surface area contributed by atoms with Crippen LogP contribution in [0, 0.1) is 20.8 Å². The summed E-state index contributed by atoms with van der Waals surface area (Å²) in [6.07, 6.45) is 0.789. The highest BCUT2D eigenvalue weighted by atomic mass is 32.1. The molecule has 2 N–H and O–H groups in total. The number of thiophene rings is 1. The monoisotopic (exact) mass is 320 g/mol. The average molecular weight is 320 g/mol. The van der Waals surface area contributed by atoms with E-state index in [0.717, 1.165) is 17.8 Å². The van der Waals surface area contributed by atoms with Crippen LogP contribution in [0.1, 0.15) is 34.3 Å². The second-order valence-corrected chi connectivity index (χ2v) is 6.73. The van der Waals surface area contributed by atoms with Crippen LogP contribution in [-0.2, 0) is 20.0 Å². The van der Waals surface area contributed by atoms with E-state index in [-0.39, 0.29) is 12.1 Å². The number of nitrogens with zero attached hydrogens (tertiary/aromatic N) is 2. The Kier molecular flexibility index (Phi) is 5.24. The van der Waals surface area contributed by atoms with Crippen molar-refractivity contribution in [2.24, 2.45) is 7.05 Å². The predicted molar refractivity (Wildman–Crippen MR) is 90.3 cm³/mol. The maximum absolute atomic E-state index is 12.0. The Hall–Kier alpha value is -1.82. The van der Waals surface area contributed by atoms with Crippen molar-refractivity contribution in [2.75, 3.05) is 0 Å². The Bertz CT molecular complexity index is 659. The zero-order valence-corrected chi connectivity index (χ0v) is 14.7. The molecule has 2 amide bonds. The van der Waals surface area contributed by atoms with Gasteiger partial charge in [-0.15, -0.1) is 11.3 Å². The van der Waals surface area contributed by atoms with Gasteiger partial charge in [-0.3, -0.25) is 4.68 Å². The number of aromatic nitrogens is 2. The van der Waals surface area contributed by atoms with Gasteiger partial charge in [0.1, 0.15) is 0 Å². The number of hydrogen-bond acceptors (Lipinski definition) is 3.